The lowest BCUT2D eigenvalue weighted by Crippen LogP contribution is -2.29. The lowest BCUT2D eigenvalue weighted by atomic mass is 9.67. The van der Waals surface area contributed by atoms with Crippen molar-refractivity contribution in [2.24, 2.45) is 0 Å². The number of aromatic nitrogens is 1. The fourth-order valence-electron chi connectivity index (χ4n) is 9.39. The van der Waals surface area contributed by atoms with Gasteiger partial charge in [0, 0.05) is 34.3 Å². The first kappa shape index (κ1) is 34.6. The van der Waals surface area contributed by atoms with Gasteiger partial charge in [0.15, 0.2) is 0 Å². The monoisotopic (exact) mass is 752 g/mol. The Morgan fingerprint density at radius 2 is 0.814 bits per heavy atom. The molecule has 0 amide bonds. The van der Waals surface area contributed by atoms with E-state index in [0.717, 1.165) is 22.7 Å². The van der Waals surface area contributed by atoms with Crippen LogP contribution in [0.25, 0.3) is 50.0 Å². The van der Waals surface area contributed by atoms with Gasteiger partial charge in [0.1, 0.15) is 0 Å². The van der Waals surface area contributed by atoms with Crippen molar-refractivity contribution in [1.82, 2.24) is 4.57 Å². The van der Waals surface area contributed by atoms with Crippen molar-refractivity contribution >= 4 is 28.0 Å². The summed E-state index contributed by atoms with van der Waals surface area (Å²) in [4.78, 5) is 2.39. The highest BCUT2D eigenvalue weighted by molar-refractivity contribution is 5.92. The highest BCUT2D eigenvalue weighted by Crippen LogP contribution is 2.57. The maximum Gasteiger partial charge on any atom is 0.0715 e. The molecule has 0 atom stereocenters. The van der Waals surface area contributed by atoms with E-state index in [1.165, 1.54) is 66.5 Å². The van der Waals surface area contributed by atoms with Gasteiger partial charge < -0.3 is 9.47 Å². The molecule has 0 fully saturated rings. The predicted octanol–water partition coefficient (Wildman–Crippen LogP) is 14.8. The van der Waals surface area contributed by atoms with Crippen LogP contribution in [0.2, 0.25) is 0 Å². The van der Waals surface area contributed by atoms with Crippen LogP contribution in [0.1, 0.15) is 22.3 Å². The molecular formula is C57H40N2. The van der Waals surface area contributed by atoms with E-state index in [2.05, 4.69) is 252 Å². The SMILES string of the molecule is c1ccc(-c2ccc(N(c3ccccc3)c3ccc4c(c3)C(c3ccccc3)(c3ccccc3)c3cc(-n5ccc6cc(-c7ccccc7)ccc65)ccc3-4)cc2)cc1. The molecule has 1 aliphatic carbocycles. The number of hydrogen-bond donors (Lipinski definition) is 0. The maximum absolute atomic E-state index is 2.45. The van der Waals surface area contributed by atoms with Crippen LogP contribution >= 0.6 is 0 Å². The molecule has 2 nitrogen and oxygen atoms in total. The number of benzene rings is 9. The van der Waals surface area contributed by atoms with Crippen molar-refractivity contribution in [3.05, 3.63) is 265 Å². The molecule has 0 saturated carbocycles. The van der Waals surface area contributed by atoms with Crippen molar-refractivity contribution in [3.63, 3.8) is 0 Å². The zero-order valence-electron chi connectivity index (χ0n) is 32.5. The number of para-hydroxylation sites is 1. The summed E-state index contributed by atoms with van der Waals surface area (Å²) >= 11 is 0. The molecule has 278 valence electrons. The summed E-state index contributed by atoms with van der Waals surface area (Å²) in [6.45, 7) is 0. The molecule has 2 heteroatoms. The first-order valence-corrected chi connectivity index (χ1v) is 20.3. The molecule has 59 heavy (non-hydrogen) atoms. The Hall–Kier alpha value is -7.68. The van der Waals surface area contributed by atoms with Gasteiger partial charge >= 0.3 is 0 Å². The maximum atomic E-state index is 2.45. The molecule has 10 aromatic rings. The van der Waals surface area contributed by atoms with Gasteiger partial charge in [-0.05, 0) is 122 Å². The molecule has 0 unspecified atom stereocenters. The van der Waals surface area contributed by atoms with Crippen molar-refractivity contribution < 1.29 is 0 Å². The third kappa shape index (κ3) is 5.80. The predicted molar refractivity (Wildman–Crippen MR) is 246 cm³/mol. The Kier molecular flexibility index (Phi) is 8.41. The van der Waals surface area contributed by atoms with Gasteiger partial charge in [-0.3, -0.25) is 0 Å². The van der Waals surface area contributed by atoms with E-state index in [9.17, 15) is 0 Å². The molecule has 0 aliphatic heterocycles. The highest BCUT2D eigenvalue weighted by atomic mass is 15.1. The standard InChI is InChI=1S/C57H40N2/c1-6-16-41(17-7-1)43-26-29-49(30-27-43)59(48-24-14-5-15-25-48)51-32-34-53-52-33-31-50(58-37-36-45-38-44(28-35-56(45)58)42-18-8-2-9-19-42)39-54(52)57(55(53)40-51,46-20-10-3-11-21-46)47-22-12-4-13-23-47/h1-40H. The van der Waals surface area contributed by atoms with Crippen molar-refractivity contribution in [2.45, 2.75) is 5.41 Å². The summed E-state index contributed by atoms with van der Waals surface area (Å²) in [5, 5.41) is 1.22. The van der Waals surface area contributed by atoms with E-state index in [4.69, 9.17) is 0 Å². The lowest BCUT2D eigenvalue weighted by molar-refractivity contribution is 0.767. The molecule has 1 heterocycles. The van der Waals surface area contributed by atoms with E-state index in [1.807, 2.05) is 0 Å². The summed E-state index contributed by atoms with van der Waals surface area (Å²) in [7, 11) is 0. The number of rotatable bonds is 8. The minimum Gasteiger partial charge on any atom is -0.317 e. The molecule has 9 aromatic carbocycles. The van der Waals surface area contributed by atoms with Crippen LogP contribution in [0.15, 0.2) is 243 Å². The van der Waals surface area contributed by atoms with Gasteiger partial charge in [-0.15, -0.1) is 0 Å². The van der Waals surface area contributed by atoms with Crippen LogP contribution in [0.3, 0.4) is 0 Å². The summed E-state index contributed by atoms with van der Waals surface area (Å²) in [6.07, 6.45) is 2.22. The molecule has 0 bridgehead atoms. The summed E-state index contributed by atoms with van der Waals surface area (Å²) < 4.78 is 2.34. The van der Waals surface area contributed by atoms with Crippen LogP contribution in [0.5, 0.6) is 0 Å². The second-order valence-electron chi connectivity index (χ2n) is 15.4. The molecule has 0 radical (unpaired) electrons. The van der Waals surface area contributed by atoms with Crippen LogP contribution < -0.4 is 4.90 Å². The Morgan fingerprint density at radius 1 is 0.339 bits per heavy atom. The second kappa shape index (κ2) is 14.4. The average molecular weight is 753 g/mol. The summed E-state index contributed by atoms with van der Waals surface area (Å²) in [5.74, 6) is 0. The van der Waals surface area contributed by atoms with E-state index in [1.54, 1.807) is 0 Å². The Labute approximate surface area is 345 Å². The van der Waals surface area contributed by atoms with Crippen molar-refractivity contribution in [1.29, 1.82) is 0 Å². The van der Waals surface area contributed by atoms with E-state index >= 15 is 0 Å². The third-order valence-corrected chi connectivity index (χ3v) is 12.1. The molecule has 0 spiro atoms. The summed E-state index contributed by atoms with van der Waals surface area (Å²) in [5.41, 5.74) is 17.4. The normalized spacial score (nSPS) is 12.5. The lowest BCUT2D eigenvalue weighted by Gasteiger charge is -2.35. The fourth-order valence-corrected chi connectivity index (χ4v) is 9.39. The Morgan fingerprint density at radius 3 is 1.44 bits per heavy atom. The number of hydrogen-bond acceptors (Lipinski definition) is 1. The van der Waals surface area contributed by atoms with Gasteiger partial charge in [0.2, 0.25) is 0 Å². The van der Waals surface area contributed by atoms with E-state index in [0.29, 0.717) is 0 Å². The first-order chi connectivity index (χ1) is 29.3. The highest BCUT2D eigenvalue weighted by Gasteiger charge is 2.46. The molecular weight excluding hydrogens is 713 g/mol. The minimum absolute atomic E-state index is 0.581. The topological polar surface area (TPSA) is 8.17 Å². The van der Waals surface area contributed by atoms with Gasteiger partial charge in [-0.1, -0.05) is 170 Å². The molecule has 0 N–H and O–H groups in total. The van der Waals surface area contributed by atoms with Crippen molar-refractivity contribution in [2.75, 3.05) is 4.90 Å². The summed E-state index contributed by atoms with van der Waals surface area (Å²) in [6, 6.07) is 86.3. The number of nitrogens with zero attached hydrogens (tertiary/aromatic N) is 2. The smallest absolute Gasteiger partial charge is 0.0715 e. The zero-order valence-corrected chi connectivity index (χ0v) is 32.5. The molecule has 0 saturated heterocycles. The van der Waals surface area contributed by atoms with Crippen LogP contribution in [-0.2, 0) is 5.41 Å². The van der Waals surface area contributed by atoms with Gasteiger partial charge in [-0.2, -0.15) is 0 Å². The van der Waals surface area contributed by atoms with Crippen LogP contribution in [-0.4, -0.2) is 4.57 Å². The van der Waals surface area contributed by atoms with Gasteiger partial charge in [-0.25, -0.2) is 0 Å². The Bertz CT molecular complexity index is 3020. The van der Waals surface area contributed by atoms with Gasteiger partial charge in [0.05, 0.1) is 10.9 Å². The van der Waals surface area contributed by atoms with Crippen molar-refractivity contribution in [3.8, 4) is 39.1 Å². The first-order valence-electron chi connectivity index (χ1n) is 20.3. The molecule has 1 aromatic heterocycles. The Balaban J connectivity index is 1.11. The van der Waals surface area contributed by atoms with Gasteiger partial charge in [0.25, 0.3) is 0 Å². The minimum atomic E-state index is -0.581. The number of fused-ring (bicyclic) bond motifs is 4. The average Bonchev–Trinajstić information content (AvgIpc) is 3.87. The molecule has 11 rings (SSSR count). The zero-order chi connectivity index (χ0) is 39.2. The van der Waals surface area contributed by atoms with Crippen LogP contribution in [0, 0.1) is 0 Å². The van der Waals surface area contributed by atoms with E-state index in [-0.39, 0.29) is 0 Å². The second-order valence-corrected chi connectivity index (χ2v) is 15.4. The fraction of sp³-hybridized carbons (Fsp3) is 0.0175. The third-order valence-electron chi connectivity index (χ3n) is 12.1. The largest absolute Gasteiger partial charge is 0.317 e. The number of anilines is 3. The molecule has 1 aliphatic rings. The quantitative estimate of drug-likeness (QED) is 0.150. The van der Waals surface area contributed by atoms with E-state index < -0.39 is 5.41 Å². The van der Waals surface area contributed by atoms with Crippen LogP contribution in [0.4, 0.5) is 17.1 Å².